The van der Waals surface area contributed by atoms with E-state index in [2.05, 4.69) is 0 Å². The molecule has 33 heavy (non-hydrogen) atoms. The van der Waals surface area contributed by atoms with Crippen molar-refractivity contribution >= 4 is 0 Å². The van der Waals surface area contributed by atoms with Gasteiger partial charge in [0.1, 0.15) is 11.6 Å². The Kier molecular flexibility index (Phi) is 6.33. The molecule has 2 N–H and O–H groups in total. The zero-order chi connectivity index (χ0) is 23.5. The van der Waals surface area contributed by atoms with Gasteiger partial charge in [-0.25, -0.2) is 13.6 Å². The van der Waals surface area contributed by atoms with E-state index in [1.807, 2.05) is 30.3 Å². The van der Waals surface area contributed by atoms with Crippen LogP contribution >= 0.6 is 0 Å². The minimum absolute atomic E-state index is 0.0186. The smallest absolute Gasteiger partial charge is 0.322 e. The predicted octanol–water partition coefficient (Wildman–Crippen LogP) is 4.01. The van der Waals surface area contributed by atoms with Crippen molar-refractivity contribution in [1.29, 1.82) is 0 Å². The van der Waals surface area contributed by atoms with Crippen molar-refractivity contribution in [3.8, 4) is 11.1 Å². The van der Waals surface area contributed by atoms with Crippen molar-refractivity contribution in [3.63, 3.8) is 0 Å². The van der Waals surface area contributed by atoms with Gasteiger partial charge in [-0.15, -0.1) is 0 Å². The van der Waals surface area contributed by atoms with Crippen LogP contribution in [0.2, 0.25) is 0 Å². The van der Waals surface area contributed by atoms with Crippen LogP contribution in [0.3, 0.4) is 0 Å². The third kappa shape index (κ3) is 4.54. The van der Waals surface area contributed by atoms with Gasteiger partial charge in [0.25, 0.3) is 5.56 Å². The van der Waals surface area contributed by atoms with Crippen molar-refractivity contribution in [2.45, 2.75) is 26.1 Å². The summed E-state index contributed by atoms with van der Waals surface area (Å²) >= 11 is 0. The van der Waals surface area contributed by atoms with Gasteiger partial charge in [0.05, 0.1) is 18.7 Å². The second kappa shape index (κ2) is 9.34. The maximum absolute atomic E-state index is 14.7. The molecule has 168 valence electrons. The molecular formula is C26H23F2N3O2. The van der Waals surface area contributed by atoms with Crippen molar-refractivity contribution in [2.24, 2.45) is 5.73 Å². The molecular weight excluding hydrogens is 424 g/mol. The first kappa shape index (κ1) is 22.4. The van der Waals surface area contributed by atoms with Crippen LogP contribution in [0.5, 0.6) is 0 Å². The summed E-state index contributed by atoms with van der Waals surface area (Å²) in [5.74, 6) is -1.01. The largest absolute Gasteiger partial charge is 0.331 e. The third-order valence-corrected chi connectivity index (χ3v) is 5.67. The van der Waals surface area contributed by atoms with Gasteiger partial charge in [-0.1, -0.05) is 60.7 Å². The Bertz CT molecular complexity index is 1410. The standard InChI is InChI=1S/C26H23F2N3O2/c1-17-24(21-12-5-6-13-22(21)28)25(32)31(16-23(29)19-9-3-2-4-10-19)26(33)30(17)15-18-8-7-11-20(27)14-18/h2-14,23H,15-16,29H2,1H3/t23-/m0/s1. The molecule has 4 rings (SSSR count). The highest BCUT2D eigenvalue weighted by Gasteiger charge is 2.21. The molecule has 0 amide bonds. The predicted molar refractivity (Wildman–Crippen MR) is 124 cm³/mol. The van der Waals surface area contributed by atoms with Crippen molar-refractivity contribution in [1.82, 2.24) is 9.13 Å². The monoisotopic (exact) mass is 447 g/mol. The van der Waals surface area contributed by atoms with Crippen LogP contribution < -0.4 is 17.0 Å². The molecule has 4 aromatic rings. The highest BCUT2D eigenvalue weighted by molar-refractivity contribution is 5.65. The minimum atomic E-state index is -0.629. The van der Waals surface area contributed by atoms with E-state index in [0.29, 0.717) is 11.3 Å². The SMILES string of the molecule is Cc1c(-c2ccccc2F)c(=O)n(C[C@H](N)c2ccccc2)c(=O)n1Cc1cccc(F)c1. The van der Waals surface area contributed by atoms with Gasteiger partial charge < -0.3 is 5.73 Å². The Morgan fingerprint density at radius 3 is 2.27 bits per heavy atom. The first-order valence-corrected chi connectivity index (χ1v) is 10.5. The number of benzene rings is 3. The molecule has 0 bridgehead atoms. The number of hydrogen-bond acceptors (Lipinski definition) is 3. The molecule has 3 aromatic carbocycles. The van der Waals surface area contributed by atoms with E-state index in [-0.39, 0.29) is 24.2 Å². The van der Waals surface area contributed by atoms with Gasteiger partial charge in [0.15, 0.2) is 0 Å². The van der Waals surface area contributed by atoms with E-state index in [0.717, 1.165) is 10.1 Å². The first-order valence-electron chi connectivity index (χ1n) is 10.5. The molecule has 0 saturated carbocycles. The summed E-state index contributed by atoms with van der Waals surface area (Å²) in [7, 11) is 0. The quantitative estimate of drug-likeness (QED) is 0.486. The van der Waals surface area contributed by atoms with Crippen LogP contribution in [0, 0.1) is 18.6 Å². The second-order valence-electron chi connectivity index (χ2n) is 7.87. The van der Waals surface area contributed by atoms with E-state index >= 15 is 0 Å². The average Bonchev–Trinajstić information content (AvgIpc) is 2.81. The lowest BCUT2D eigenvalue weighted by atomic mass is 10.0. The van der Waals surface area contributed by atoms with Crippen molar-refractivity contribution in [2.75, 3.05) is 0 Å². The first-order chi connectivity index (χ1) is 15.9. The fourth-order valence-electron chi connectivity index (χ4n) is 3.94. The van der Waals surface area contributed by atoms with E-state index < -0.39 is 28.9 Å². The Labute approximate surface area is 189 Å². The Morgan fingerprint density at radius 2 is 1.58 bits per heavy atom. The molecule has 0 aliphatic rings. The lowest BCUT2D eigenvalue weighted by molar-refractivity contribution is 0.507. The van der Waals surface area contributed by atoms with Crippen LogP contribution in [0.15, 0.2) is 88.5 Å². The van der Waals surface area contributed by atoms with Gasteiger partial charge >= 0.3 is 5.69 Å². The maximum Gasteiger partial charge on any atom is 0.331 e. The number of aromatic nitrogens is 2. The van der Waals surface area contributed by atoms with Gasteiger partial charge in [-0.05, 0) is 36.2 Å². The number of hydrogen-bond donors (Lipinski definition) is 1. The highest BCUT2D eigenvalue weighted by atomic mass is 19.1. The summed E-state index contributed by atoms with van der Waals surface area (Å²) in [4.78, 5) is 26.9. The van der Waals surface area contributed by atoms with Gasteiger partial charge in [-0.2, -0.15) is 0 Å². The molecule has 0 saturated heterocycles. The van der Waals surface area contributed by atoms with Crippen LogP contribution in [0.4, 0.5) is 8.78 Å². The van der Waals surface area contributed by atoms with Gasteiger partial charge in [-0.3, -0.25) is 13.9 Å². The number of halogens is 2. The van der Waals surface area contributed by atoms with Gasteiger partial charge in [0, 0.05) is 17.3 Å². The lowest BCUT2D eigenvalue weighted by Gasteiger charge is -2.20. The maximum atomic E-state index is 14.7. The Hall–Kier alpha value is -3.84. The molecule has 1 heterocycles. The fourth-order valence-corrected chi connectivity index (χ4v) is 3.94. The number of nitrogens with zero attached hydrogens (tertiary/aromatic N) is 2. The summed E-state index contributed by atoms with van der Waals surface area (Å²) in [5.41, 5.74) is 6.86. The topological polar surface area (TPSA) is 70.0 Å². The summed E-state index contributed by atoms with van der Waals surface area (Å²) in [6.07, 6.45) is 0. The zero-order valence-electron chi connectivity index (χ0n) is 18.0. The lowest BCUT2D eigenvalue weighted by Crippen LogP contribution is -2.44. The van der Waals surface area contributed by atoms with E-state index in [4.69, 9.17) is 5.73 Å². The fraction of sp³-hybridized carbons (Fsp3) is 0.154. The van der Waals surface area contributed by atoms with E-state index in [1.54, 1.807) is 25.1 Å². The molecule has 1 aromatic heterocycles. The van der Waals surface area contributed by atoms with Crippen LogP contribution in [0.25, 0.3) is 11.1 Å². The molecule has 0 spiro atoms. The zero-order valence-corrected chi connectivity index (χ0v) is 18.0. The van der Waals surface area contributed by atoms with Gasteiger partial charge in [0.2, 0.25) is 0 Å². The third-order valence-electron chi connectivity index (χ3n) is 5.67. The van der Waals surface area contributed by atoms with Crippen LogP contribution in [0.1, 0.15) is 22.9 Å². The second-order valence-corrected chi connectivity index (χ2v) is 7.87. The average molecular weight is 447 g/mol. The minimum Gasteiger partial charge on any atom is -0.322 e. The Balaban J connectivity index is 1.92. The Morgan fingerprint density at radius 1 is 0.879 bits per heavy atom. The number of rotatable bonds is 6. The molecule has 0 aliphatic heterocycles. The summed E-state index contributed by atoms with van der Waals surface area (Å²) in [5, 5.41) is 0. The molecule has 5 nitrogen and oxygen atoms in total. The molecule has 0 radical (unpaired) electrons. The summed E-state index contributed by atoms with van der Waals surface area (Å²) in [6.45, 7) is 1.52. The van der Waals surface area contributed by atoms with Crippen molar-refractivity contribution < 1.29 is 8.78 Å². The van der Waals surface area contributed by atoms with E-state index in [1.165, 1.54) is 34.9 Å². The molecule has 0 aliphatic carbocycles. The highest BCUT2D eigenvalue weighted by Crippen LogP contribution is 2.23. The summed E-state index contributed by atoms with van der Waals surface area (Å²) < 4.78 is 30.8. The molecule has 0 fully saturated rings. The van der Waals surface area contributed by atoms with Crippen LogP contribution in [-0.4, -0.2) is 9.13 Å². The summed E-state index contributed by atoms with van der Waals surface area (Å²) in [6, 6.07) is 20.2. The van der Waals surface area contributed by atoms with Crippen LogP contribution in [-0.2, 0) is 13.1 Å². The number of nitrogens with two attached hydrogens (primary N) is 1. The van der Waals surface area contributed by atoms with Crippen molar-refractivity contribution in [3.05, 3.63) is 128 Å². The molecule has 7 heteroatoms. The molecule has 0 unspecified atom stereocenters. The molecule has 1 atom stereocenters. The van der Waals surface area contributed by atoms with E-state index in [9.17, 15) is 18.4 Å². The normalized spacial score (nSPS) is 12.0.